The van der Waals surface area contributed by atoms with Crippen molar-refractivity contribution in [2.45, 2.75) is 0 Å². The predicted molar refractivity (Wildman–Crippen MR) is 129 cm³/mol. The number of ether oxygens (including phenoxy) is 1. The minimum absolute atomic E-state index is 0.107. The second kappa shape index (κ2) is 11.2. The van der Waals surface area contributed by atoms with Crippen LogP contribution in [0.4, 0.5) is 5.69 Å². The van der Waals surface area contributed by atoms with Crippen LogP contribution >= 0.6 is 46.4 Å². The lowest BCUT2D eigenvalue weighted by Gasteiger charge is -2.07. The van der Waals surface area contributed by atoms with E-state index < -0.39 is 17.8 Å². The van der Waals surface area contributed by atoms with Crippen molar-refractivity contribution < 1.29 is 19.1 Å². The van der Waals surface area contributed by atoms with Gasteiger partial charge in [-0.05, 0) is 48.0 Å². The highest BCUT2D eigenvalue weighted by atomic mass is 35.5. The molecule has 2 amide bonds. The van der Waals surface area contributed by atoms with Crippen LogP contribution in [-0.4, -0.2) is 24.0 Å². The molecule has 2 N–H and O–H groups in total. The Labute approximate surface area is 208 Å². The van der Waals surface area contributed by atoms with Crippen molar-refractivity contribution in [3.63, 3.8) is 0 Å². The zero-order valence-electron chi connectivity index (χ0n) is 16.4. The molecule has 7 nitrogen and oxygen atoms in total. The van der Waals surface area contributed by atoms with Crippen molar-refractivity contribution in [1.82, 2.24) is 5.43 Å². The molecule has 0 spiro atoms. The Bertz CT molecular complexity index is 1260. The van der Waals surface area contributed by atoms with E-state index in [-0.39, 0.29) is 32.1 Å². The summed E-state index contributed by atoms with van der Waals surface area (Å²) in [6.45, 7) is 0. The zero-order valence-corrected chi connectivity index (χ0v) is 19.5. The summed E-state index contributed by atoms with van der Waals surface area (Å²) in [5.74, 6) is -2.47. The molecule has 11 heteroatoms. The first kappa shape index (κ1) is 24.5. The first-order chi connectivity index (χ1) is 15.7. The number of rotatable bonds is 5. The van der Waals surface area contributed by atoms with Gasteiger partial charge in [-0.1, -0.05) is 64.6 Å². The number of amides is 2. The molecule has 3 aromatic rings. The Morgan fingerprint density at radius 2 is 1.61 bits per heavy atom. The Kier molecular flexibility index (Phi) is 8.30. The maximum atomic E-state index is 12.3. The van der Waals surface area contributed by atoms with Crippen molar-refractivity contribution in [2.24, 2.45) is 5.10 Å². The van der Waals surface area contributed by atoms with Gasteiger partial charge in [-0.2, -0.15) is 5.10 Å². The molecule has 33 heavy (non-hydrogen) atoms. The number of nitrogens with zero attached hydrogens (tertiary/aromatic N) is 1. The summed E-state index contributed by atoms with van der Waals surface area (Å²) in [4.78, 5) is 36.3. The predicted octanol–water partition coefficient (Wildman–Crippen LogP) is 5.61. The third-order valence-electron chi connectivity index (χ3n) is 4.01. The molecule has 0 saturated carbocycles. The van der Waals surface area contributed by atoms with E-state index in [2.05, 4.69) is 15.8 Å². The first-order valence-electron chi connectivity index (χ1n) is 9.10. The molecule has 0 bridgehead atoms. The number of hydrogen-bond donors (Lipinski definition) is 2. The van der Waals surface area contributed by atoms with Gasteiger partial charge in [0.15, 0.2) is 0 Å². The number of esters is 1. The summed E-state index contributed by atoms with van der Waals surface area (Å²) in [5.41, 5.74) is 2.91. The van der Waals surface area contributed by atoms with E-state index in [0.717, 1.165) is 0 Å². The second-order valence-corrected chi connectivity index (χ2v) is 7.97. The molecular formula is C22H13Cl4N3O4. The van der Waals surface area contributed by atoms with Gasteiger partial charge in [0, 0.05) is 5.02 Å². The number of hydrogen-bond acceptors (Lipinski definition) is 5. The molecule has 3 aromatic carbocycles. The summed E-state index contributed by atoms with van der Waals surface area (Å²) in [6, 6.07) is 15.3. The van der Waals surface area contributed by atoms with E-state index >= 15 is 0 Å². The van der Waals surface area contributed by atoms with Crippen LogP contribution in [0.3, 0.4) is 0 Å². The number of benzene rings is 3. The molecule has 0 fully saturated rings. The highest BCUT2D eigenvalue weighted by Crippen LogP contribution is 2.29. The zero-order chi connectivity index (χ0) is 24.0. The van der Waals surface area contributed by atoms with E-state index in [1.807, 2.05) is 0 Å². The topological polar surface area (TPSA) is 96.9 Å². The average Bonchev–Trinajstić information content (AvgIpc) is 2.77. The van der Waals surface area contributed by atoms with Crippen LogP contribution in [-0.2, 0) is 9.59 Å². The van der Waals surface area contributed by atoms with Crippen LogP contribution < -0.4 is 15.5 Å². The van der Waals surface area contributed by atoms with Crippen molar-refractivity contribution >= 4 is 76.1 Å². The van der Waals surface area contributed by atoms with Gasteiger partial charge >= 0.3 is 17.8 Å². The molecule has 0 atom stereocenters. The molecule has 0 radical (unpaired) electrons. The minimum Gasteiger partial charge on any atom is -0.423 e. The SMILES string of the molecule is O=C(N/N=C/c1cccc(OC(=O)c2ccc(Cl)cc2Cl)c1)C(=O)Nc1cccc(Cl)c1Cl. The molecule has 0 aromatic heterocycles. The lowest BCUT2D eigenvalue weighted by Crippen LogP contribution is -2.32. The molecule has 0 unspecified atom stereocenters. The van der Waals surface area contributed by atoms with Gasteiger partial charge in [-0.15, -0.1) is 0 Å². The summed E-state index contributed by atoms with van der Waals surface area (Å²) >= 11 is 23.7. The molecule has 3 rings (SSSR count). The number of halogens is 4. The van der Waals surface area contributed by atoms with E-state index in [1.165, 1.54) is 36.5 Å². The number of anilines is 1. The maximum Gasteiger partial charge on any atom is 0.345 e. The third kappa shape index (κ3) is 6.69. The monoisotopic (exact) mass is 523 g/mol. The highest BCUT2D eigenvalue weighted by Gasteiger charge is 2.16. The number of hydrazone groups is 1. The van der Waals surface area contributed by atoms with Crippen molar-refractivity contribution in [3.8, 4) is 5.75 Å². The Balaban J connectivity index is 1.59. The molecule has 0 aliphatic carbocycles. The van der Waals surface area contributed by atoms with E-state index in [0.29, 0.717) is 10.6 Å². The van der Waals surface area contributed by atoms with Crippen LogP contribution in [0.2, 0.25) is 20.1 Å². The van der Waals surface area contributed by atoms with Gasteiger partial charge in [0.25, 0.3) is 0 Å². The second-order valence-electron chi connectivity index (χ2n) is 6.34. The van der Waals surface area contributed by atoms with Crippen LogP contribution in [0.1, 0.15) is 15.9 Å². The Hall–Kier alpha value is -3.10. The number of carbonyl (C=O) groups excluding carboxylic acids is 3. The van der Waals surface area contributed by atoms with Crippen molar-refractivity contribution in [2.75, 3.05) is 5.32 Å². The van der Waals surface area contributed by atoms with Gasteiger partial charge in [0.2, 0.25) is 0 Å². The molecule has 0 saturated heterocycles. The largest absolute Gasteiger partial charge is 0.423 e. The summed E-state index contributed by atoms with van der Waals surface area (Å²) in [6.07, 6.45) is 1.27. The van der Waals surface area contributed by atoms with Crippen LogP contribution in [0, 0.1) is 0 Å². The minimum atomic E-state index is -1.03. The molecule has 0 heterocycles. The smallest absolute Gasteiger partial charge is 0.345 e. The van der Waals surface area contributed by atoms with Gasteiger partial charge < -0.3 is 10.1 Å². The van der Waals surface area contributed by atoms with Crippen LogP contribution in [0.15, 0.2) is 65.8 Å². The van der Waals surface area contributed by atoms with Gasteiger partial charge in [-0.25, -0.2) is 10.2 Å². The van der Waals surface area contributed by atoms with Crippen molar-refractivity contribution in [3.05, 3.63) is 91.9 Å². The fraction of sp³-hybridized carbons (Fsp3) is 0. The maximum absolute atomic E-state index is 12.3. The number of nitrogens with one attached hydrogen (secondary N) is 2. The summed E-state index contributed by atoms with van der Waals surface area (Å²) < 4.78 is 5.31. The lowest BCUT2D eigenvalue weighted by atomic mass is 10.2. The fourth-order valence-electron chi connectivity index (χ4n) is 2.47. The van der Waals surface area contributed by atoms with Crippen LogP contribution in [0.25, 0.3) is 0 Å². The third-order valence-corrected chi connectivity index (χ3v) is 5.37. The van der Waals surface area contributed by atoms with Gasteiger partial charge in [-0.3, -0.25) is 9.59 Å². The Morgan fingerprint density at radius 3 is 2.36 bits per heavy atom. The quantitative estimate of drug-likeness (QED) is 0.149. The molecular weight excluding hydrogens is 512 g/mol. The summed E-state index contributed by atoms with van der Waals surface area (Å²) in [7, 11) is 0. The van der Waals surface area contributed by atoms with E-state index in [4.69, 9.17) is 51.1 Å². The van der Waals surface area contributed by atoms with Gasteiger partial charge in [0.1, 0.15) is 5.75 Å². The molecule has 0 aliphatic rings. The normalized spacial score (nSPS) is 10.7. The number of carbonyl (C=O) groups is 3. The van der Waals surface area contributed by atoms with E-state index in [9.17, 15) is 14.4 Å². The van der Waals surface area contributed by atoms with E-state index in [1.54, 1.807) is 30.3 Å². The van der Waals surface area contributed by atoms with Gasteiger partial charge in [0.05, 0.1) is 32.5 Å². The lowest BCUT2D eigenvalue weighted by molar-refractivity contribution is -0.136. The molecule has 168 valence electrons. The first-order valence-corrected chi connectivity index (χ1v) is 10.6. The van der Waals surface area contributed by atoms with Crippen LogP contribution in [0.5, 0.6) is 5.75 Å². The molecule has 0 aliphatic heterocycles. The van der Waals surface area contributed by atoms with Crippen molar-refractivity contribution in [1.29, 1.82) is 0 Å². The average molecular weight is 525 g/mol. The highest BCUT2D eigenvalue weighted by molar-refractivity contribution is 6.45. The Morgan fingerprint density at radius 1 is 0.848 bits per heavy atom. The standard InChI is InChI=1S/C22H13Cl4N3O4/c23-13-7-8-15(17(25)10-13)22(32)33-14-4-1-3-12(9-14)11-27-29-21(31)20(30)28-18-6-2-5-16(24)19(18)26/h1-11H,(H,28,30)(H,29,31)/b27-11+. The summed E-state index contributed by atoms with van der Waals surface area (Å²) in [5, 5.41) is 6.94. The fourth-order valence-corrected chi connectivity index (χ4v) is 3.30.